The largest absolute Gasteiger partial charge is 0.480 e. The zero-order valence-electron chi connectivity index (χ0n) is 8.70. The Kier molecular flexibility index (Phi) is 3.07. The van der Waals surface area contributed by atoms with E-state index in [1.807, 2.05) is 6.07 Å². The van der Waals surface area contributed by atoms with Crippen LogP contribution in [0.15, 0.2) is 30.3 Å². The second kappa shape index (κ2) is 3.83. The number of rotatable bonds is 3. The molecular weight excluding hydrogens is 214 g/mol. The van der Waals surface area contributed by atoms with Crippen molar-refractivity contribution >= 4 is 17.6 Å². The Balaban J connectivity index is 3.19. The van der Waals surface area contributed by atoms with E-state index in [1.54, 1.807) is 31.2 Å². The molecule has 0 aliphatic carbocycles. The van der Waals surface area contributed by atoms with Gasteiger partial charge in [0.05, 0.1) is 4.87 Å². The van der Waals surface area contributed by atoms with Crippen LogP contribution in [0.4, 0.5) is 0 Å². The summed E-state index contributed by atoms with van der Waals surface area (Å²) in [5.41, 5.74) is 4.91. The zero-order chi connectivity index (χ0) is 11.7. The van der Waals surface area contributed by atoms with Crippen molar-refractivity contribution in [2.24, 2.45) is 5.73 Å². The molecule has 0 radical (unpaired) electrons. The molecule has 0 fully saturated rings. The van der Waals surface area contributed by atoms with Crippen molar-refractivity contribution in [2.45, 2.75) is 24.3 Å². The Labute approximate surface area is 93.9 Å². The van der Waals surface area contributed by atoms with Crippen molar-refractivity contribution < 1.29 is 9.90 Å². The first-order chi connectivity index (χ1) is 6.80. The second-order valence-corrected chi connectivity index (χ2v) is 4.63. The van der Waals surface area contributed by atoms with Crippen LogP contribution in [0, 0.1) is 0 Å². The van der Waals surface area contributed by atoms with Gasteiger partial charge in [-0.25, -0.2) is 0 Å². The molecule has 0 aliphatic heterocycles. The Hall–Kier alpha value is -1.06. The number of benzene rings is 1. The summed E-state index contributed by atoms with van der Waals surface area (Å²) in [5.74, 6) is -1.12. The fourth-order valence-corrected chi connectivity index (χ4v) is 1.46. The van der Waals surface area contributed by atoms with E-state index in [1.165, 1.54) is 6.92 Å². The third-order valence-corrected chi connectivity index (χ3v) is 3.35. The standard InChI is InChI=1S/C11H14ClNO2/c1-10(12,11(2,13)9(14)15)8-6-4-3-5-7-8/h3-7H,13H2,1-2H3,(H,14,15). The van der Waals surface area contributed by atoms with E-state index in [0.29, 0.717) is 5.56 Å². The zero-order valence-corrected chi connectivity index (χ0v) is 9.45. The number of nitrogens with two attached hydrogens (primary N) is 1. The van der Waals surface area contributed by atoms with Crippen molar-refractivity contribution in [1.82, 2.24) is 0 Å². The average molecular weight is 228 g/mol. The normalized spacial score (nSPS) is 18.9. The van der Waals surface area contributed by atoms with E-state index in [-0.39, 0.29) is 0 Å². The third kappa shape index (κ3) is 1.98. The molecule has 0 saturated carbocycles. The van der Waals surface area contributed by atoms with Gasteiger partial charge in [-0.05, 0) is 19.4 Å². The predicted molar refractivity (Wildman–Crippen MR) is 59.9 cm³/mol. The van der Waals surface area contributed by atoms with Gasteiger partial charge in [-0.2, -0.15) is 0 Å². The predicted octanol–water partition coefficient (Wildman–Crippen LogP) is 1.94. The van der Waals surface area contributed by atoms with Crippen molar-refractivity contribution in [3.8, 4) is 0 Å². The van der Waals surface area contributed by atoms with Crippen LogP contribution in [0.2, 0.25) is 0 Å². The minimum atomic E-state index is -1.52. The highest BCUT2D eigenvalue weighted by molar-refractivity contribution is 6.26. The summed E-state index contributed by atoms with van der Waals surface area (Å²) >= 11 is 6.24. The molecular formula is C11H14ClNO2. The summed E-state index contributed by atoms with van der Waals surface area (Å²) < 4.78 is 0. The van der Waals surface area contributed by atoms with Crippen LogP contribution in [0.3, 0.4) is 0 Å². The maximum atomic E-state index is 11.0. The summed E-state index contributed by atoms with van der Waals surface area (Å²) in [6.07, 6.45) is 0. The number of carboxylic acid groups (broad SMARTS) is 1. The number of alkyl halides is 1. The Morgan fingerprint density at radius 1 is 1.33 bits per heavy atom. The van der Waals surface area contributed by atoms with Gasteiger partial charge in [0, 0.05) is 0 Å². The number of halogens is 1. The Morgan fingerprint density at radius 3 is 2.20 bits per heavy atom. The molecule has 1 aromatic rings. The van der Waals surface area contributed by atoms with Crippen LogP contribution in [0.1, 0.15) is 19.4 Å². The third-order valence-electron chi connectivity index (χ3n) is 2.74. The molecule has 1 aromatic carbocycles. The minimum Gasteiger partial charge on any atom is -0.480 e. The quantitative estimate of drug-likeness (QED) is 0.776. The summed E-state index contributed by atoms with van der Waals surface area (Å²) in [7, 11) is 0. The lowest BCUT2D eigenvalue weighted by molar-refractivity contribution is -0.144. The van der Waals surface area contributed by atoms with Crippen LogP contribution in [0.5, 0.6) is 0 Å². The van der Waals surface area contributed by atoms with Crippen molar-refractivity contribution in [2.75, 3.05) is 0 Å². The summed E-state index contributed by atoms with van der Waals surface area (Å²) in [6, 6.07) is 8.97. The summed E-state index contributed by atoms with van der Waals surface area (Å²) in [6.45, 7) is 3.02. The smallest absolute Gasteiger partial charge is 0.325 e. The van der Waals surface area contributed by atoms with Crippen LogP contribution >= 0.6 is 11.6 Å². The molecule has 0 bridgehead atoms. The molecule has 82 valence electrons. The molecule has 0 amide bonds. The number of carboxylic acids is 1. The van der Waals surface area contributed by atoms with E-state index in [9.17, 15) is 4.79 Å². The SMILES string of the molecule is CC(N)(C(=O)O)C(C)(Cl)c1ccccc1. The first-order valence-electron chi connectivity index (χ1n) is 4.57. The number of carbonyl (C=O) groups is 1. The fourth-order valence-electron chi connectivity index (χ4n) is 1.25. The highest BCUT2D eigenvalue weighted by Gasteiger charge is 2.47. The average Bonchev–Trinajstić information content (AvgIpc) is 2.18. The Bertz CT molecular complexity index is 360. The number of aliphatic carboxylic acids is 1. The molecule has 2 unspecified atom stereocenters. The molecule has 0 heterocycles. The van der Waals surface area contributed by atoms with E-state index in [4.69, 9.17) is 22.4 Å². The van der Waals surface area contributed by atoms with Gasteiger partial charge in [0.1, 0.15) is 5.54 Å². The molecule has 4 heteroatoms. The highest BCUT2D eigenvalue weighted by atomic mass is 35.5. The molecule has 2 atom stereocenters. The number of hydrogen-bond acceptors (Lipinski definition) is 2. The molecule has 0 saturated heterocycles. The van der Waals surface area contributed by atoms with E-state index in [2.05, 4.69) is 0 Å². The topological polar surface area (TPSA) is 63.3 Å². The van der Waals surface area contributed by atoms with Gasteiger partial charge in [0.25, 0.3) is 0 Å². The van der Waals surface area contributed by atoms with Gasteiger partial charge in [0.15, 0.2) is 0 Å². The minimum absolute atomic E-state index is 0.694. The first-order valence-corrected chi connectivity index (χ1v) is 4.94. The monoisotopic (exact) mass is 227 g/mol. The maximum absolute atomic E-state index is 11.0. The van der Waals surface area contributed by atoms with Crippen molar-refractivity contribution in [1.29, 1.82) is 0 Å². The van der Waals surface area contributed by atoms with Crippen LogP contribution in [0.25, 0.3) is 0 Å². The van der Waals surface area contributed by atoms with Gasteiger partial charge >= 0.3 is 5.97 Å². The van der Waals surface area contributed by atoms with Crippen LogP contribution in [-0.4, -0.2) is 16.6 Å². The molecule has 15 heavy (non-hydrogen) atoms. The molecule has 0 aliphatic rings. The van der Waals surface area contributed by atoms with Crippen LogP contribution in [-0.2, 0) is 9.67 Å². The lowest BCUT2D eigenvalue weighted by Gasteiger charge is -2.35. The second-order valence-electron chi connectivity index (χ2n) is 3.88. The highest BCUT2D eigenvalue weighted by Crippen LogP contribution is 2.37. The molecule has 3 N–H and O–H groups in total. The lowest BCUT2D eigenvalue weighted by atomic mass is 9.82. The molecule has 3 nitrogen and oxygen atoms in total. The lowest BCUT2D eigenvalue weighted by Crippen LogP contribution is -2.57. The fraction of sp³-hybridized carbons (Fsp3) is 0.364. The first kappa shape index (κ1) is 12.0. The molecule has 1 rings (SSSR count). The van der Waals surface area contributed by atoms with Gasteiger partial charge in [-0.1, -0.05) is 30.3 Å². The van der Waals surface area contributed by atoms with Gasteiger partial charge < -0.3 is 10.8 Å². The molecule has 0 aromatic heterocycles. The van der Waals surface area contributed by atoms with Gasteiger partial charge in [-0.3, -0.25) is 4.79 Å². The maximum Gasteiger partial charge on any atom is 0.325 e. The summed E-state index contributed by atoms with van der Waals surface area (Å²) in [5, 5.41) is 9.03. The van der Waals surface area contributed by atoms with Gasteiger partial charge in [-0.15, -0.1) is 11.6 Å². The Morgan fingerprint density at radius 2 is 1.80 bits per heavy atom. The van der Waals surface area contributed by atoms with E-state index in [0.717, 1.165) is 0 Å². The van der Waals surface area contributed by atoms with Crippen molar-refractivity contribution in [3.05, 3.63) is 35.9 Å². The van der Waals surface area contributed by atoms with Gasteiger partial charge in [0.2, 0.25) is 0 Å². The van der Waals surface area contributed by atoms with E-state index >= 15 is 0 Å². The van der Waals surface area contributed by atoms with E-state index < -0.39 is 16.4 Å². The van der Waals surface area contributed by atoms with Crippen molar-refractivity contribution in [3.63, 3.8) is 0 Å². The molecule has 0 spiro atoms. The van der Waals surface area contributed by atoms with Crippen LogP contribution < -0.4 is 5.73 Å². The summed E-state index contributed by atoms with van der Waals surface area (Å²) in [4.78, 5) is 9.89. The number of hydrogen-bond donors (Lipinski definition) is 2.